The van der Waals surface area contributed by atoms with E-state index in [1.807, 2.05) is 32.2 Å². The number of hydrogen-bond acceptors (Lipinski definition) is 4. The summed E-state index contributed by atoms with van der Waals surface area (Å²) in [6, 6.07) is 3.63. The van der Waals surface area contributed by atoms with Crippen molar-refractivity contribution in [3.63, 3.8) is 0 Å². The Labute approximate surface area is 111 Å². The molecule has 6 heteroatoms. The summed E-state index contributed by atoms with van der Waals surface area (Å²) in [5, 5.41) is 5.77. The van der Waals surface area contributed by atoms with E-state index in [0.717, 1.165) is 5.82 Å². The monoisotopic (exact) mass is 259 g/mol. The summed E-state index contributed by atoms with van der Waals surface area (Å²) < 4.78 is 1.79. The first-order valence-corrected chi connectivity index (χ1v) is 5.98. The zero-order valence-electron chi connectivity index (χ0n) is 11.2. The van der Waals surface area contributed by atoms with Gasteiger partial charge in [0, 0.05) is 12.4 Å². The Bertz CT molecular complexity index is 545. The van der Waals surface area contributed by atoms with E-state index in [4.69, 9.17) is 0 Å². The van der Waals surface area contributed by atoms with Crippen molar-refractivity contribution in [3.05, 3.63) is 37.1 Å². The number of pyridine rings is 1. The number of rotatable bonds is 4. The van der Waals surface area contributed by atoms with Gasteiger partial charge in [-0.05, 0) is 33.0 Å². The molecule has 2 N–H and O–H groups in total. The summed E-state index contributed by atoms with van der Waals surface area (Å²) in [5.74, 6) is 0.649. The molecule has 2 aromatic heterocycles. The van der Waals surface area contributed by atoms with Crippen molar-refractivity contribution in [2.45, 2.75) is 19.4 Å². The van der Waals surface area contributed by atoms with Gasteiger partial charge in [-0.3, -0.25) is 9.36 Å². The third-order valence-corrected chi connectivity index (χ3v) is 2.97. The molecule has 100 valence electrons. The van der Waals surface area contributed by atoms with Crippen LogP contribution in [0.25, 0.3) is 5.82 Å². The lowest BCUT2D eigenvalue weighted by Crippen LogP contribution is -2.47. The Kier molecular flexibility index (Phi) is 3.62. The highest BCUT2D eigenvalue weighted by molar-refractivity contribution is 5.97. The van der Waals surface area contributed by atoms with Gasteiger partial charge in [0.2, 0.25) is 5.91 Å². The minimum Gasteiger partial charge on any atom is -0.323 e. The molecule has 0 unspecified atom stereocenters. The van der Waals surface area contributed by atoms with Gasteiger partial charge in [-0.1, -0.05) is 0 Å². The van der Waals surface area contributed by atoms with Gasteiger partial charge >= 0.3 is 0 Å². The van der Waals surface area contributed by atoms with Crippen LogP contribution in [0.15, 0.2) is 37.1 Å². The molecule has 0 aliphatic heterocycles. The van der Waals surface area contributed by atoms with Crippen molar-refractivity contribution in [1.82, 2.24) is 19.9 Å². The van der Waals surface area contributed by atoms with Gasteiger partial charge < -0.3 is 10.6 Å². The molecule has 0 aliphatic carbocycles. The molecule has 2 rings (SSSR count). The van der Waals surface area contributed by atoms with E-state index in [0.29, 0.717) is 5.69 Å². The molecular formula is C13H17N5O. The number of anilines is 1. The Morgan fingerprint density at radius 3 is 2.68 bits per heavy atom. The SMILES string of the molecule is CNC(C)(C)C(=O)Nc1ccc(-n2ccnc2)nc1. The summed E-state index contributed by atoms with van der Waals surface area (Å²) in [6.07, 6.45) is 6.79. The topological polar surface area (TPSA) is 71.8 Å². The van der Waals surface area contributed by atoms with E-state index in [2.05, 4.69) is 20.6 Å². The lowest BCUT2D eigenvalue weighted by atomic mass is 10.1. The fraction of sp³-hybridized carbons (Fsp3) is 0.308. The number of imidazole rings is 1. The van der Waals surface area contributed by atoms with Crippen LogP contribution < -0.4 is 10.6 Å². The van der Waals surface area contributed by atoms with Gasteiger partial charge in [0.15, 0.2) is 0 Å². The summed E-state index contributed by atoms with van der Waals surface area (Å²) >= 11 is 0. The largest absolute Gasteiger partial charge is 0.323 e. The molecule has 0 atom stereocenters. The standard InChI is InChI=1S/C13H17N5O/c1-13(2,14-3)12(19)17-10-4-5-11(16-8-10)18-7-6-15-9-18/h4-9,14H,1-3H3,(H,17,19). The molecule has 19 heavy (non-hydrogen) atoms. The molecule has 0 bridgehead atoms. The van der Waals surface area contributed by atoms with Crippen molar-refractivity contribution in [1.29, 1.82) is 0 Å². The van der Waals surface area contributed by atoms with E-state index < -0.39 is 5.54 Å². The minimum absolute atomic E-state index is 0.104. The second-order valence-electron chi connectivity index (χ2n) is 4.70. The maximum atomic E-state index is 12.0. The summed E-state index contributed by atoms with van der Waals surface area (Å²) in [4.78, 5) is 20.2. The molecule has 2 aromatic rings. The van der Waals surface area contributed by atoms with Gasteiger partial charge in [0.1, 0.15) is 12.1 Å². The molecular weight excluding hydrogens is 242 g/mol. The van der Waals surface area contributed by atoms with Crippen molar-refractivity contribution < 1.29 is 4.79 Å². The molecule has 2 heterocycles. The van der Waals surface area contributed by atoms with E-state index in [9.17, 15) is 4.79 Å². The zero-order chi connectivity index (χ0) is 13.9. The number of amides is 1. The van der Waals surface area contributed by atoms with Crippen LogP contribution in [0.3, 0.4) is 0 Å². The van der Waals surface area contributed by atoms with Crippen LogP contribution in [0.5, 0.6) is 0 Å². The van der Waals surface area contributed by atoms with E-state index >= 15 is 0 Å². The first kappa shape index (κ1) is 13.2. The first-order chi connectivity index (χ1) is 9.03. The minimum atomic E-state index is -0.622. The van der Waals surface area contributed by atoms with Crippen molar-refractivity contribution in [2.24, 2.45) is 0 Å². The van der Waals surface area contributed by atoms with Crippen LogP contribution >= 0.6 is 0 Å². The Balaban J connectivity index is 2.10. The fourth-order valence-corrected chi connectivity index (χ4v) is 1.41. The van der Waals surface area contributed by atoms with Gasteiger partial charge in [0.25, 0.3) is 0 Å². The Morgan fingerprint density at radius 2 is 2.16 bits per heavy atom. The average molecular weight is 259 g/mol. The highest BCUT2D eigenvalue weighted by atomic mass is 16.2. The molecule has 0 aromatic carbocycles. The van der Waals surface area contributed by atoms with Crippen LogP contribution in [0.2, 0.25) is 0 Å². The van der Waals surface area contributed by atoms with Gasteiger partial charge in [-0.25, -0.2) is 9.97 Å². The molecule has 0 saturated heterocycles. The predicted molar refractivity (Wildman–Crippen MR) is 73.1 cm³/mol. The molecule has 0 saturated carbocycles. The number of nitrogens with one attached hydrogen (secondary N) is 2. The number of aromatic nitrogens is 3. The summed E-state index contributed by atoms with van der Waals surface area (Å²) in [6.45, 7) is 3.63. The van der Waals surface area contributed by atoms with Crippen molar-refractivity contribution >= 4 is 11.6 Å². The normalized spacial score (nSPS) is 11.3. The zero-order valence-corrected chi connectivity index (χ0v) is 11.2. The fourth-order valence-electron chi connectivity index (χ4n) is 1.41. The Hall–Kier alpha value is -2.21. The lowest BCUT2D eigenvalue weighted by Gasteiger charge is -2.22. The Morgan fingerprint density at radius 1 is 1.37 bits per heavy atom. The van der Waals surface area contributed by atoms with Crippen LogP contribution in [-0.4, -0.2) is 33.0 Å². The van der Waals surface area contributed by atoms with Crippen LogP contribution in [-0.2, 0) is 4.79 Å². The summed E-state index contributed by atoms with van der Waals surface area (Å²) in [7, 11) is 1.75. The number of carbonyl (C=O) groups is 1. The van der Waals surface area contributed by atoms with Crippen LogP contribution in [0, 0.1) is 0 Å². The molecule has 0 fully saturated rings. The molecule has 0 radical (unpaired) electrons. The second kappa shape index (κ2) is 5.19. The lowest BCUT2D eigenvalue weighted by molar-refractivity contribution is -0.121. The van der Waals surface area contributed by atoms with Crippen molar-refractivity contribution in [3.8, 4) is 5.82 Å². The number of hydrogen-bond donors (Lipinski definition) is 2. The molecule has 0 spiro atoms. The third kappa shape index (κ3) is 2.97. The molecule has 6 nitrogen and oxygen atoms in total. The number of carbonyl (C=O) groups excluding carboxylic acids is 1. The van der Waals surface area contributed by atoms with E-state index in [-0.39, 0.29) is 5.91 Å². The first-order valence-electron chi connectivity index (χ1n) is 5.98. The quantitative estimate of drug-likeness (QED) is 0.865. The summed E-state index contributed by atoms with van der Waals surface area (Å²) in [5.41, 5.74) is 0.0421. The van der Waals surface area contributed by atoms with Crippen molar-refractivity contribution in [2.75, 3.05) is 12.4 Å². The van der Waals surface area contributed by atoms with E-state index in [1.54, 1.807) is 30.3 Å². The number of nitrogens with zero attached hydrogens (tertiary/aromatic N) is 3. The molecule has 1 amide bonds. The number of likely N-dealkylation sites (N-methyl/N-ethyl adjacent to an activating group) is 1. The second-order valence-corrected chi connectivity index (χ2v) is 4.70. The van der Waals surface area contributed by atoms with Crippen LogP contribution in [0.4, 0.5) is 5.69 Å². The maximum absolute atomic E-state index is 12.0. The van der Waals surface area contributed by atoms with Gasteiger partial charge in [-0.15, -0.1) is 0 Å². The van der Waals surface area contributed by atoms with Gasteiger partial charge in [-0.2, -0.15) is 0 Å². The van der Waals surface area contributed by atoms with E-state index in [1.165, 1.54) is 0 Å². The predicted octanol–water partition coefficient (Wildman–Crippen LogP) is 1.20. The highest BCUT2D eigenvalue weighted by Crippen LogP contribution is 2.12. The van der Waals surface area contributed by atoms with Gasteiger partial charge in [0.05, 0.1) is 17.4 Å². The average Bonchev–Trinajstić information content (AvgIpc) is 2.93. The molecule has 0 aliphatic rings. The highest BCUT2D eigenvalue weighted by Gasteiger charge is 2.25. The van der Waals surface area contributed by atoms with Crippen LogP contribution in [0.1, 0.15) is 13.8 Å². The smallest absolute Gasteiger partial charge is 0.244 e. The third-order valence-electron chi connectivity index (χ3n) is 2.97. The maximum Gasteiger partial charge on any atom is 0.244 e.